The first-order chi connectivity index (χ1) is 6.77. The van der Waals surface area contributed by atoms with Crippen LogP contribution in [0.1, 0.15) is 36.9 Å². The van der Waals surface area contributed by atoms with Crippen molar-refractivity contribution in [2.45, 2.75) is 25.2 Å². The number of aromatic nitrogens is 2. The molecule has 1 fully saturated rings. The van der Waals surface area contributed by atoms with Crippen LogP contribution in [-0.4, -0.2) is 23.2 Å². The fourth-order valence-electron chi connectivity index (χ4n) is 1.57. The first-order valence-electron chi connectivity index (χ1n) is 4.59. The van der Waals surface area contributed by atoms with E-state index in [1.807, 2.05) is 0 Å². The molecule has 0 amide bonds. The molecule has 0 radical (unpaired) electrons. The van der Waals surface area contributed by atoms with Gasteiger partial charge in [-0.05, 0) is 19.4 Å². The minimum atomic E-state index is -2.67. The van der Waals surface area contributed by atoms with Gasteiger partial charge in [-0.3, -0.25) is 0 Å². The van der Waals surface area contributed by atoms with Gasteiger partial charge >= 0.3 is 6.43 Å². The summed E-state index contributed by atoms with van der Waals surface area (Å²) in [5.74, 6) is -0.0712. The molecule has 1 saturated heterocycles. The Kier molecular flexibility index (Phi) is 2.72. The molecule has 1 unspecified atom stereocenters. The zero-order valence-electron chi connectivity index (χ0n) is 7.54. The van der Waals surface area contributed by atoms with E-state index < -0.39 is 12.3 Å². The topological polar surface area (TPSA) is 51.0 Å². The molecule has 14 heavy (non-hydrogen) atoms. The summed E-state index contributed by atoms with van der Waals surface area (Å²) >= 11 is 0. The lowest BCUT2D eigenvalue weighted by atomic mass is 9.99. The number of nitrogens with one attached hydrogen (secondary N) is 1. The van der Waals surface area contributed by atoms with Gasteiger partial charge in [0.2, 0.25) is 0 Å². The molecule has 0 saturated carbocycles. The molecule has 78 valence electrons. The summed E-state index contributed by atoms with van der Waals surface area (Å²) in [5.41, 5.74) is 0. The van der Waals surface area contributed by atoms with Crippen LogP contribution in [0, 0.1) is 0 Å². The van der Waals surface area contributed by atoms with E-state index in [2.05, 4.69) is 20.0 Å². The van der Waals surface area contributed by atoms with Gasteiger partial charge in [0, 0.05) is 12.5 Å². The summed E-state index contributed by atoms with van der Waals surface area (Å²) in [6, 6.07) is 0. The maximum atomic E-state index is 12.1. The minimum absolute atomic E-state index is 0.111. The second-order valence-electron chi connectivity index (χ2n) is 3.33. The Morgan fingerprint density at radius 3 is 2.93 bits per heavy atom. The van der Waals surface area contributed by atoms with E-state index in [0.29, 0.717) is 5.82 Å². The zero-order chi connectivity index (χ0) is 9.97. The van der Waals surface area contributed by atoms with E-state index in [0.717, 1.165) is 25.9 Å². The third-order valence-corrected chi connectivity index (χ3v) is 2.31. The normalized spacial score (nSPS) is 22.9. The van der Waals surface area contributed by atoms with Crippen LogP contribution in [0.2, 0.25) is 0 Å². The average Bonchev–Trinajstić information content (AvgIpc) is 2.68. The predicted molar refractivity (Wildman–Crippen MR) is 44.1 cm³/mol. The maximum Gasteiger partial charge on any atom is 0.315 e. The highest BCUT2D eigenvalue weighted by molar-refractivity contribution is 4.98. The molecule has 6 heteroatoms. The van der Waals surface area contributed by atoms with Crippen molar-refractivity contribution in [3.05, 3.63) is 11.7 Å². The van der Waals surface area contributed by atoms with Crippen molar-refractivity contribution < 1.29 is 13.3 Å². The van der Waals surface area contributed by atoms with Gasteiger partial charge in [-0.15, -0.1) is 0 Å². The van der Waals surface area contributed by atoms with E-state index in [1.165, 1.54) is 0 Å². The number of hydrogen-bond donors (Lipinski definition) is 1. The van der Waals surface area contributed by atoms with Crippen LogP contribution in [0.3, 0.4) is 0 Å². The Morgan fingerprint density at radius 1 is 1.50 bits per heavy atom. The molecule has 2 heterocycles. The largest absolute Gasteiger partial charge is 0.333 e. The van der Waals surface area contributed by atoms with Gasteiger partial charge in [0.15, 0.2) is 5.82 Å². The number of halogens is 2. The molecule has 1 aromatic rings. The summed E-state index contributed by atoms with van der Waals surface area (Å²) in [7, 11) is 0. The number of rotatable bonds is 2. The molecule has 0 bridgehead atoms. The first-order valence-corrected chi connectivity index (χ1v) is 4.59. The summed E-state index contributed by atoms with van der Waals surface area (Å²) < 4.78 is 28.7. The molecule has 1 aromatic heterocycles. The third kappa shape index (κ3) is 1.89. The zero-order valence-corrected chi connectivity index (χ0v) is 7.54. The summed E-state index contributed by atoms with van der Waals surface area (Å²) in [6.07, 6.45) is -0.730. The van der Waals surface area contributed by atoms with Gasteiger partial charge in [0.05, 0.1) is 0 Å². The molecule has 0 spiro atoms. The van der Waals surface area contributed by atoms with Crippen LogP contribution in [-0.2, 0) is 0 Å². The molecular formula is C8H11F2N3O. The molecule has 1 atom stereocenters. The fraction of sp³-hybridized carbons (Fsp3) is 0.750. The third-order valence-electron chi connectivity index (χ3n) is 2.31. The molecule has 2 rings (SSSR count). The van der Waals surface area contributed by atoms with Gasteiger partial charge in [-0.2, -0.15) is 13.8 Å². The Hall–Kier alpha value is -1.04. The number of nitrogens with zero attached hydrogens (tertiary/aromatic N) is 2. The summed E-state index contributed by atoms with van der Waals surface area (Å²) in [5, 5.41) is 6.72. The van der Waals surface area contributed by atoms with Crippen LogP contribution >= 0.6 is 0 Å². The van der Waals surface area contributed by atoms with Crippen molar-refractivity contribution in [2.24, 2.45) is 0 Å². The van der Waals surface area contributed by atoms with Crippen molar-refractivity contribution in [1.82, 2.24) is 15.5 Å². The Labute approximate surface area is 79.7 Å². The van der Waals surface area contributed by atoms with Crippen LogP contribution in [0.4, 0.5) is 8.78 Å². The quantitative estimate of drug-likeness (QED) is 0.790. The van der Waals surface area contributed by atoms with E-state index in [1.54, 1.807) is 0 Å². The highest BCUT2D eigenvalue weighted by atomic mass is 19.3. The van der Waals surface area contributed by atoms with E-state index in [9.17, 15) is 8.78 Å². The molecular weight excluding hydrogens is 192 g/mol. The fourth-order valence-corrected chi connectivity index (χ4v) is 1.57. The first kappa shape index (κ1) is 9.51. The van der Waals surface area contributed by atoms with Crippen LogP contribution in [0.15, 0.2) is 4.52 Å². The number of alkyl halides is 2. The smallest absolute Gasteiger partial charge is 0.315 e. The number of hydrogen-bond acceptors (Lipinski definition) is 4. The lowest BCUT2D eigenvalue weighted by Gasteiger charge is -2.19. The number of piperidine rings is 1. The van der Waals surface area contributed by atoms with Crippen LogP contribution in [0.25, 0.3) is 0 Å². The van der Waals surface area contributed by atoms with Crippen LogP contribution in [0.5, 0.6) is 0 Å². The van der Waals surface area contributed by atoms with Gasteiger partial charge in [-0.25, -0.2) is 0 Å². The minimum Gasteiger partial charge on any atom is -0.333 e. The highest BCUT2D eigenvalue weighted by Crippen LogP contribution is 2.23. The van der Waals surface area contributed by atoms with E-state index in [-0.39, 0.29) is 5.92 Å². The Bertz CT molecular complexity index is 297. The van der Waals surface area contributed by atoms with Gasteiger partial charge in [0.1, 0.15) is 0 Å². The molecule has 0 aromatic carbocycles. The molecule has 1 aliphatic rings. The van der Waals surface area contributed by atoms with Crippen molar-refractivity contribution >= 4 is 0 Å². The SMILES string of the molecule is FC(F)c1nc(C2CCCNC2)no1. The van der Waals surface area contributed by atoms with Gasteiger partial charge < -0.3 is 9.84 Å². The lowest BCUT2D eigenvalue weighted by Crippen LogP contribution is -2.28. The second kappa shape index (κ2) is 4.00. The Morgan fingerprint density at radius 2 is 2.36 bits per heavy atom. The molecule has 1 N–H and O–H groups in total. The standard InChI is InChI=1S/C8H11F2N3O/c9-6(10)8-12-7(13-14-8)5-2-1-3-11-4-5/h5-6,11H,1-4H2. The highest BCUT2D eigenvalue weighted by Gasteiger charge is 2.23. The predicted octanol–water partition coefficient (Wildman–Crippen LogP) is 1.47. The Balaban J connectivity index is 2.07. The van der Waals surface area contributed by atoms with Crippen molar-refractivity contribution in [3.63, 3.8) is 0 Å². The molecule has 1 aliphatic heterocycles. The van der Waals surface area contributed by atoms with E-state index >= 15 is 0 Å². The molecule has 4 nitrogen and oxygen atoms in total. The summed E-state index contributed by atoms with van der Waals surface area (Å²) in [6.45, 7) is 1.71. The average molecular weight is 203 g/mol. The molecule has 0 aliphatic carbocycles. The van der Waals surface area contributed by atoms with Gasteiger partial charge in [0.25, 0.3) is 5.89 Å². The van der Waals surface area contributed by atoms with Crippen molar-refractivity contribution in [3.8, 4) is 0 Å². The second-order valence-corrected chi connectivity index (χ2v) is 3.33. The van der Waals surface area contributed by atoms with Crippen molar-refractivity contribution in [2.75, 3.05) is 13.1 Å². The lowest BCUT2D eigenvalue weighted by molar-refractivity contribution is 0.106. The summed E-state index contributed by atoms with van der Waals surface area (Å²) in [4.78, 5) is 3.67. The van der Waals surface area contributed by atoms with E-state index in [4.69, 9.17) is 0 Å². The van der Waals surface area contributed by atoms with Crippen molar-refractivity contribution in [1.29, 1.82) is 0 Å². The van der Waals surface area contributed by atoms with Gasteiger partial charge in [-0.1, -0.05) is 5.16 Å². The monoisotopic (exact) mass is 203 g/mol. The van der Waals surface area contributed by atoms with Crippen LogP contribution < -0.4 is 5.32 Å². The maximum absolute atomic E-state index is 12.1.